The fourth-order valence-corrected chi connectivity index (χ4v) is 5.12. The summed E-state index contributed by atoms with van der Waals surface area (Å²) in [4.78, 5) is 29.3. The van der Waals surface area contributed by atoms with Crippen LogP contribution in [-0.2, 0) is 10.5 Å². The molecule has 198 valence electrons. The molecule has 1 aromatic heterocycles. The minimum atomic E-state index is -0.667. The molecule has 4 aromatic rings. The highest BCUT2D eigenvalue weighted by atomic mass is 32.2. The summed E-state index contributed by atoms with van der Waals surface area (Å²) in [5, 5.41) is 22.7. The van der Waals surface area contributed by atoms with Crippen molar-refractivity contribution in [3.05, 3.63) is 111 Å². The van der Waals surface area contributed by atoms with Crippen molar-refractivity contribution in [1.82, 2.24) is 14.8 Å². The van der Waals surface area contributed by atoms with Gasteiger partial charge in [-0.15, -0.1) is 5.10 Å². The number of anilines is 2. The molecule has 0 saturated carbocycles. The molecular formula is C28H26N6O4S. The van der Waals surface area contributed by atoms with Gasteiger partial charge in [-0.3, -0.25) is 14.9 Å². The Morgan fingerprint density at radius 2 is 1.82 bits per heavy atom. The van der Waals surface area contributed by atoms with E-state index in [1.165, 1.54) is 23.9 Å². The average molecular weight is 543 g/mol. The van der Waals surface area contributed by atoms with Gasteiger partial charge in [0.15, 0.2) is 0 Å². The van der Waals surface area contributed by atoms with E-state index in [2.05, 4.69) is 15.6 Å². The van der Waals surface area contributed by atoms with Crippen molar-refractivity contribution in [3.63, 3.8) is 0 Å². The zero-order valence-corrected chi connectivity index (χ0v) is 22.1. The minimum absolute atomic E-state index is 0.0389. The molecule has 11 heteroatoms. The number of thioether (sulfide) groups is 1. The van der Waals surface area contributed by atoms with Gasteiger partial charge >= 0.3 is 0 Å². The van der Waals surface area contributed by atoms with E-state index in [0.717, 1.165) is 5.56 Å². The Kier molecular flexibility index (Phi) is 7.60. The predicted octanol–water partition coefficient (Wildman–Crippen LogP) is 5.80. The second-order valence-electron chi connectivity index (χ2n) is 8.73. The number of para-hydroxylation sites is 2. The second-order valence-corrected chi connectivity index (χ2v) is 9.68. The lowest BCUT2D eigenvalue weighted by Crippen LogP contribution is -2.31. The standard InChI is InChI=1S/C28H26N6O4S/c1-3-38-23-12-8-7-11-22(23)30-26(35)24-18(2)29-27-31-28(39-17-19-9-5-4-6-10-19)32-33(27)25(24)20-13-15-21(16-14-20)34(36)37/h4-16,25H,3,17H2,1-2H3,(H,30,35)(H,29,31,32). The molecule has 10 nitrogen and oxygen atoms in total. The van der Waals surface area contributed by atoms with Crippen molar-refractivity contribution in [3.8, 4) is 5.75 Å². The molecule has 0 radical (unpaired) electrons. The molecule has 1 aliphatic heterocycles. The average Bonchev–Trinajstić information content (AvgIpc) is 3.35. The summed E-state index contributed by atoms with van der Waals surface area (Å²) >= 11 is 1.48. The molecule has 0 aliphatic carbocycles. The molecule has 2 heterocycles. The van der Waals surface area contributed by atoms with Crippen molar-refractivity contribution in [2.75, 3.05) is 17.2 Å². The van der Waals surface area contributed by atoms with Gasteiger partial charge in [0.1, 0.15) is 11.8 Å². The first-order valence-electron chi connectivity index (χ1n) is 12.3. The first kappa shape index (κ1) is 26.0. The Bertz CT molecular complexity index is 1540. The van der Waals surface area contributed by atoms with Crippen LogP contribution in [0.5, 0.6) is 5.75 Å². The van der Waals surface area contributed by atoms with Gasteiger partial charge in [0.05, 0.1) is 22.8 Å². The maximum atomic E-state index is 13.8. The quantitative estimate of drug-likeness (QED) is 0.154. The number of carbonyl (C=O) groups excluding carboxylic acids is 1. The highest BCUT2D eigenvalue weighted by Gasteiger charge is 2.35. The van der Waals surface area contributed by atoms with Gasteiger partial charge in [0.2, 0.25) is 11.1 Å². The summed E-state index contributed by atoms with van der Waals surface area (Å²) in [6.45, 7) is 4.13. The molecule has 0 fully saturated rings. The van der Waals surface area contributed by atoms with E-state index in [9.17, 15) is 14.9 Å². The van der Waals surface area contributed by atoms with Crippen LogP contribution in [0.15, 0.2) is 95.3 Å². The van der Waals surface area contributed by atoms with Crippen LogP contribution in [0.4, 0.5) is 17.3 Å². The Balaban J connectivity index is 1.51. The molecular weight excluding hydrogens is 516 g/mol. The van der Waals surface area contributed by atoms with E-state index < -0.39 is 11.0 Å². The molecule has 1 unspecified atom stereocenters. The molecule has 2 N–H and O–H groups in total. The largest absolute Gasteiger partial charge is 0.492 e. The van der Waals surface area contributed by atoms with Crippen molar-refractivity contribution >= 4 is 35.0 Å². The van der Waals surface area contributed by atoms with Gasteiger partial charge in [-0.2, -0.15) is 4.98 Å². The van der Waals surface area contributed by atoms with E-state index in [1.54, 1.807) is 35.9 Å². The number of hydrogen-bond acceptors (Lipinski definition) is 8. The van der Waals surface area contributed by atoms with Crippen LogP contribution >= 0.6 is 11.8 Å². The smallest absolute Gasteiger partial charge is 0.269 e. The number of nitro benzene ring substituents is 1. The number of allylic oxidation sites excluding steroid dienone is 1. The van der Waals surface area contributed by atoms with Gasteiger partial charge in [-0.1, -0.05) is 54.2 Å². The third-order valence-electron chi connectivity index (χ3n) is 6.14. The van der Waals surface area contributed by atoms with Crippen molar-refractivity contribution in [1.29, 1.82) is 0 Å². The SMILES string of the molecule is CCOc1ccccc1NC(=O)C1=C(C)Nc2nc(SCc3ccccc3)nn2C1c1ccc([N+](=O)[O-])cc1. The van der Waals surface area contributed by atoms with Crippen LogP contribution in [0.1, 0.15) is 31.0 Å². The molecule has 1 aliphatic rings. The number of aromatic nitrogens is 3. The number of benzene rings is 3. The fourth-order valence-electron chi connectivity index (χ4n) is 4.34. The van der Waals surface area contributed by atoms with E-state index in [-0.39, 0.29) is 11.6 Å². The van der Waals surface area contributed by atoms with Gasteiger partial charge in [-0.05, 0) is 49.2 Å². The Hall–Kier alpha value is -4.64. The topological polar surface area (TPSA) is 124 Å². The summed E-state index contributed by atoms with van der Waals surface area (Å²) in [5.41, 5.74) is 3.31. The monoisotopic (exact) mass is 542 g/mol. The third kappa shape index (κ3) is 5.63. The van der Waals surface area contributed by atoms with Crippen LogP contribution in [0.3, 0.4) is 0 Å². The molecule has 1 atom stereocenters. The summed E-state index contributed by atoms with van der Waals surface area (Å²) < 4.78 is 7.34. The van der Waals surface area contributed by atoms with Crippen LogP contribution in [0.25, 0.3) is 0 Å². The van der Waals surface area contributed by atoms with Crippen molar-refractivity contribution < 1.29 is 14.5 Å². The number of carbonyl (C=O) groups is 1. The number of rotatable bonds is 9. The summed E-state index contributed by atoms with van der Waals surface area (Å²) in [5.74, 6) is 1.37. The second kappa shape index (κ2) is 11.4. The molecule has 1 amide bonds. The van der Waals surface area contributed by atoms with E-state index in [1.807, 2.05) is 49.4 Å². The van der Waals surface area contributed by atoms with Crippen molar-refractivity contribution in [2.45, 2.75) is 30.8 Å². The number of nitrogens with one attached hydrogen (secondary N) is 2. The third-order valence-corrected chi connectivity index (χ3v) is 7.05. The highest BCUT2D eigenvalue weighted by molar-refractivity contribution is 7.98. The number of non-ortho nitro benzene ring substituents is 1. The Morgan fingerprint density at radius 1 is 1.10 bits per heavy atom. The van der Waals surface area contributed by atoms with Crippen LogP contribution < -0.4 is 15.4 Å². The number of amides is 1. The zero-order chi connectivity index (χ0) is 27.4. The first-order valence-corrected chi connectivity index (χ1v) is 13.3. The molecule has 0 spiro atoms. The fraction of sp³-hybridized carbons (Fsp3) is 0.179. The van der Waals surface area contributed by atoms with Gasteiger partial charge in [0, 0.05) is 23.6 Å². The van der Waals surface area contributed by atoms with Gasteiger partial charge in [-0.25, -0.2) is 4.68 Å². The lowest BCUT2D eigenvalue weighted by atomic mass is 9.95. The molecule has 0 bridgehead atoms. The summed E-state index contributed by atoms with van der Waals surface area (Å²) in [6, 6.07) is 22.7. The van der Waals surface area contributed by atoms with Crippen LogP contribution in [0, 0.1) is 10.1 Å². The minimum Gasteiger partial charge on any atom is -0.492 e. The van der Waals surface area contributed by atoms with E-state index in [4.69, 9.17) is 9.84 Å². The molecule has 3 aromatic carbocycles. The molecule has 39 heavy (non-hydrogen) atoms. The van der Waals surface area contributed by atoms with Crippen molar-refractivity contribution in [2.24, 2.45) is 0 Å². The van der Waals surface area contributed by atoms with Crippen LogP contribution in [-0.4, -0.2) is 32.2 Å². The number of nitro groups is 1. The number of ether oxygens (including phenoxy) is 1. The maximum Gasteiger partial charge on any atom is 0.269 e. The lowest BCUT2D eigenvalue weighted by molar-refractivity contribution is -0.384. The Morgan fingerprint density at radius 3 is 2.54 bits per heavy atom. The lowest BCUT2D eigenvalue weighted by Gasteiger charge is -2.28. The normalized spacial score (nSPS) is 14.4. The number of fused-ring (bicyclic) bond motifs is 1. The highest BCUT2D eigenvalue weighted by Crippen LogP contribution is 2.38. The molecule has 5 rings (SSSR count). The van der Waals surface area contributed by atoms with E-state index in [0.29, 0.717) is 51.7 Å². The van der Waals surface area contributed by atoms with Gasteiger partial charge in [0.25, 0.3) is 11.6 Å². The van der Waals surface area contributed by atoms with Crippen LogP contribution in [0.2, 0.25) is 0 Å². The number of nitrogens with zero attached hydrogens (tertiary/aromatic N) is 4. The first-order chi connectivity index (χ1) is 18.9. The molecule has 0 saturated heterocycles. The van der Waals surface area contributed by atoms with Gasteiger partial charge < -0.3 is 15.4 Å². The zero-order valence-electron chi connectivity index (χ0n) is 21.3. The van der Waals surface area contributed by atoms with E-state index >= 15 is 0 Å². The maximum absolute atomic E-state index is 13.8. The Labute approximate surface area is 229 Å². The number of hydrogen-bond donors (Lipinski definition) is 2. The predicted molar refractivity (Wildman–Crippen MR) is 150 cm³/mol. The summed E-state index contributed by atoms with van der Waals surface area (Å²) in [7, 11) is 0. The summed E-state index contributed by atoms with van der Waals surface area (Å²) in [6.07, 6.45) is 0.